The summed E-state index contributed by atoms with van der Waals surface area (Å²) in [7, 11) is 0. The minimum Gasteiger partial charge on any atom is -0.380 e. The van der Waals surface area contributed by atoms with Crippen LogP contribution in [0.5, 0.6) is 0 Å². The molecule has 0 saturated carbocycles. The Balaban J connectivity index is 1.83. The average molecular weight is 262 g/mol. The van der Waals surface area contributed by atoms with Crippen LogP contribution < -0.4 is 11.1 Å². The molecule has 0 aromatic carbocycles. The number of nitrogens with one attached hydrogen (secondary N) is 1. The Hall–Kier alpha value is -1.92. The fourth-order valence-corrected chi connectivity index (χ4v) is 1.77. The van der Waals surface area contributed by atoms with E-state index >= 15 is 0 Å². The number of fused-ring (bicyclic) bond motifs is 1. The molecule has 0 saturated heterocycles. The molecule has 0 radical (unpaired) electrons. The van der Waals surface area contributed by atoms with Gasteiger partial charge in [0, 0.05) is 25.9 Å². The first-order valence-electron chi connectivity index (χ1n) is 6.31. The summed E-state index contributed by atoms with van der Waals surface area (Å²) in [5.41, 5.74) is 6.70. The zero-order valence-electron chi connectivity index (χ0n) is 10.7. The standard InChI is InChI=1S/C13H18N4O2/c14-5-9-19-8-3-6-15-13(18)11-10-16-17-7-2-1-4-12(11)17/h1-2,4,7,10H,3,5-6,8-9,14H2,(H,15,18). The third-order valence-electron chi connectivity index (χ3n) is 2.68. The van der Waals surface area contributed by atoms with Crippen LogP contribution in [-0.2, 0) is 4.74 Å². The molecular formula is C13H18N4O2. The second-order valence-corrected chi connectivity index (χ2v) is 4.10. The molecule has 2 rings (SSSR count). The first-order valence-corrected chi connectivity index (χ1v) is 6.31. The van der Waals surface area contributed by atoms with Gasteiger partial charge in [0.15, 0.2) is 0 Å². The molecule has 19 heavy (non-hydrogen) atoms. The zero-order chi connectivity index (χ0) is 13.5. The predicted molar refractivity (Wildman–Crippen MR) is 72.0 cm³/mol. The van der Waals surface area contributed by atoms with Crippen LogP contribution in [0.3, 0.4) is 0 Å². The second kappa shape index (κ2) is 6.86. The number of hydrogen-bond acceptors (Lipinski definition) is 4. The molecule has 102 valence electrons. The lowest BCUT2D eigenvalue weighted by Crippen LogP contribution is -2.25. The smallest absolute Gasteiger partial charge is 0.255 e. The van der Waals surface area contributed by atoms with E-state index in [4.69, 9.17) is 10.5 Å². The Labute approximate surface area is 111 Å². The maximum Gasteiger partial charge on any atom is 0.255 e. The summed E-state index contributed by atoms with van der Waals surface area (Å²) in [4.78, 5) is 12.0. The van der Waals surface area contributed by atoms with E-state index in [-0.39, 0.29) is 5.91 Å². The van der Waals surface area contributed by atoms with Crippen LogP contribution in [0.25, 0.3) is 5.52 Å². The van der Waals surface area contributed by atoms with E-state index in [9.17, 15) is 4.79 Å². The van der Waals surface area contributed by atoms with Gasteiger partial charge in [-0.2, -0.15) is 5.10 Å². The van der Waals surface area contributed by atoms with Crippen LogP contribution in [0.4, 0.5) is 0 Å². The van der Waals surface area contributed by atoms with Crippen LogP contribution in [0.1, 0.15) is 16.8 Å². The topological polar surface area (TPSA) is 81.6 Å². The lowest BCUT2D eigenvalue weighted by Gasteiger charge is -2.04. The molecule has 0 atom stereocenters. The molecule has 0 aliphatic carbocycles. The number of ether oxygens (including phenoxy) is 1. The van der Waals surface area contributed by atoms with Crippen molar-refractivity contribution in [3.63, 3.8) is 0 Å². The van der Waals surface area contributed by atoms with Crippen LogP contribution in [0, 0.1) is 0 Å². The monoisotopic (exact) mass is 262 g/mol. The number of carbonyl (C=O) groups is 1. The number of rotatable bonds is 7. The second-order valence-electron chi connectivity index (χ2n) is 4.10. The van der Waals surface area contributed by atoms with Gasteiger partial charge < -0.3 is 15.8 Å². The summed E-state index contributed by atoms with van der Waals surface area (Å²) in [6, 6.07) is 5.62. The lowest BCUT2D eigenvalue weighted by molar-refractivity contribution is 0.0944. The average Bonchev–Trinajstić information content (AvgIpc) is 2.86. The number of pyridine rings is 1. The van der Waals surface area contributed by atoms with Crippen LogP contribution >= 0.6 is 0 Å². The van der Waals surface area contributed by atoms with Gasteiger partial charge in [0.05, 0.1) is 23.9 Å². The molecule has 0 aliphatic rings. The largest absolute Gasteiger partial charge is 0.380 e. The fourth-order valence-electron chi connectivity index (χ4n) is 1.77. The van der Waals surface area contributed by atoms with Gasteiger partial charge in [0.25, 0.3) is 5.91 Å². The van der Waals surface area contributed by atoms with Crippen LogP contribution in [0.15, 0.2) is 30.6 Å². The summed E-state index contributed by atoms with van der Waals surface area (Å²) in [6.07, 6.45) is 4.16. The summed E-state index contributed by atoms with van der Waals surface area (Å²) in [6.45, 7) is 2.26. The summed E-state index contributed by atoms with van der Waals surface area (Å²) < 4.78 is 6.91. The third kappa shape index (κ3) is 3.52. The third-order valence-corrected chi connectivity index (χ3v) is 2.68. The molecule has 3 N–H and O–H groups in total. The van der Waals surface area contributed by atoms with Gasteiger partial charge in [-0.25, -0.2) is 4.52 Å². The lowest BCUT2D eigenvalue weighted by atomic mass is 10.2. The van der Waals surface area contributed by atoms with Gasteiger partial charge in [-0.3, -0.25) is 4.79 Å². The molecule has 2 aromatic rings. The molecule has 2 heterocycles. The fraction of sp³-hybridized carbons (Fsp3) is 0.385. The first-order chi connectivity index (χ1) is 9.33. The molecule has 0 fully saturated rings. The van der Waals surface area contributed by atoms with E-state index in [2.05, 4.69) is 10.4 Å². The highest BCUT2D eigenvalue weighted by Gasteiger charge is 2.11. The molecule has 0 bridgehead atoms. The highest BCUT2D eigenvalue weighted by Crippen LogP contribution is 2.09. The van der Waals surface area contributed by atoms with E-state index < -0.39 is 0 Å². The first kappa shape index (κ1) is 13.5. The van der Waals surface area contributed by atoms with Crippen LogP contribution in [0.2, 0.25) is 0 Å². The minimum atomic E-state index is -0.111. The Bertz CT molecular complexity index is 538. The van der Waals surface area contributed by atoms with Crippen molar-refractivity contribution in [2.45, 2.75) is 6.42 Å². The summed E-state index contributed by atoms with van der Waals surface area (Å²) in [5, 5.41) is 6.98. The Morgan fingerprint density at radius 1 is 1.42 bits per heavy atom. The van der Waals surface area contributed by atoms with Gasteiger partial charge in [-0.05, 0) is 18.6 Å². The highest BCUT2D eigenvalue weighted by atomic mass is 16.5. The number of hydrogen-bond donors (Lipinski definition) is 2. The van der Waals surface area contributed by atoms with Gasteiger partial charge >= 0.3 is 0 Å². The van der Waals surface area contributed by atoms with Gasteiger partial charge in [-0.15, -0.1) is 0 Å². The molecule has 6 heteroatoms. The Morgan fingerprint density at radius 3 is 3.16 bits per heavy atom. The number of aromatic nitrogens is 2. The molecule has 2 aromatic heterocycles. The number of nitrogens with two attached hydrogens (primary N) is 1. The van der Waals surface area contributed by atoms with E-state index in [0.29, 0.717) is 31.9 Å². The molecule has 1 amide bonds. The van der Waals surface area contributed by atoms with Crippen molar-refractivity contribution in [3.8, 4) is 0 Å². The highest BCUT2D eigenvalue weighted by molar-refractivity contribution is 6.00. The Kier molecular flexibility index (Phi) is 4.88. The predicted octanol–water partition coefficient (Wildman–Crippen LogP) is 0.430. The molecule has 0 aliphatic heterocycles. The Morgan fingerprint density at radius 2 is 2.32 bits per heavy atom. The molecule has 0 spiro atoms. The van der Waals surface area contributed by atoms with Gasteiger partial charge in [0.1, 0.15) is 0 Å². The van der Waals surface area contributed by atoms with Crippen molar-refractivity contribution in [2.75, 3.05) is 26.3 Å². The maximum atomic E-state index is 12.0. The minimum absolute atomic E-state index is 0.111. The number of amides is 1. The van der Waals surface area contributed by atoms with Crippen molar-refractivity contribution in [1.82, 2.24) is 14.9 Å². The van der Waals surface area contributed by atoms with Gasteiger partial charge in [0.2, 0.25) is 0 Å². The summed E-state index contributed by atoms with van der Waals surface area (Å²) >= 11 is 0. The molecule has 0 unspecified atom stereocenters. The van der Waals surface area contributed by atoms with Crippen molar-refractivity contribution in [1.29, 1.82) is 0 Å². The van der Waals surface area contributed by atoms with E-state index in [1.807, 2.05) is 24.4 Å². The van der Waals surface area contributed by atoms with Crippen molar-refractivity contribution in [3.05, 3.63) is 36.2 Å². The quantitative estimate of drug-likeness (QED) is 0.709. The van der Waals surface area contributed by atoms with E-state index in [1.165, 1.54) is 0 Å². The zero-order valence-corrected chi connectivity index (χ0v) is 10.7. The molecule has 6 nitrogen and oxygen atoms in total. The number of nitrogens with zero attached hydrogens (tertiary/aromatic N) is 2. The van der Waals surface area contributed by atoms with E-state index in [0.717, 1.165) is 11.9 Å². The van der Waals surface area contributed by atoms with Crippen molar-refractivity contribution < 1.29 is 9.53 Å². The summed E-state index contributed by atoms with van der Waals surface area (Å²) in [5.74, 6) is -0.111. The normalized spacial score (nSPS) is 10.8. The van der Waals surface area contributed by atoms with Crippen molar-refractivity contribution in [2.24, 2.45) is 5.73 Å². The SMILES string of the molecule is NCCOCCCNC(=O)c1cnn2ccccc12. The van der Waals surface area contributed by atoms with Gasteiger partial charge in [-0.1, -0.05) is 6.07 Å². The van der Waals surface area contributed by atoms with Crippen LogP contribution in [-0.4, -0.2) is 41.8 Å². The maximum absolute atomic E-state index is 12.0. The molecular weight excluding hydrogens is 244 g/mol. The van der Waals surface area contributed by atoms with Crippen molar-refractivity contribution >= 4 is 11.4 Å². The number of carbonyl (C=O) groups excluding carboxylic acids is 1. The van der Waals surface area contributed by atoms with E-state index in [1.54, 1.807) is 10.7 Å².